The van der Waals surface area contributed by atoms with Crippen LogP contribution in [0.15, 0.2) is 0 Å². The Labute approximate surface area is 175 Å². The van der Waals surface area contributed by atoms with Crippen LogP contribution in [0.4, 0.5) is 0 Å². The quantitative estimate of drug-likeness (QED) is 0.143. The van der Waals surface area contributed by atoms with E-state index >= 15 is 0 Å². The summed E-state index contributed by atoms with van der Waals surface area (Å²) in [5, 5.41) is 59.0. The predicted octanol–water partition coefficient (Wildman–Crippen LogP) is -5.74. The molecule has 2 aliphatic heterocycles. The highest BCUT2D eigenvalue weighted by atomic mass is 32.3. The van der Waals surface area contributed by atoms with Gasteiger partial charge in [0, 0.05) is 0 Å². The zero-order valence-electron chi connectivity index (χ0n) is 15.3. The Kier molecular flexibility index (Phi) is 8.68. The van der Waals surface area contributed by atoms with Gasteiger partial charge in [-0.2, -0.15) is 16.8 Å². The molecule has 31 heavy (non-hydrogen) atoms. The highest BCUT2D eigenvalue weighted by Crippen LogP contribution is 2.31. The van der Waals surface area contributed by atoms with Crippen molar-refractivity contribution < 1.29 is 79.2 Å². The number of aliphatic hydroxyl groups is 6. The highest BCUT2D eigenvalue weighted by Gasteiger charge is 2.53. The zero-order chi connectivity index (χ0) is 23.7. The molecule has 0 aromatic carbocycles. The molecule has 0 spiro atoms. The van der Waals surface area contributed by atoms with Crippen LogP contribution in [-0.4, -0.2) is 131 Å². The minimum Gasteiger partial charge on any atom is -0.394 e. The van der Waals surface area contributed by atoms with Gasteiger partial charge in [0.15, 0.2) is 18.7 Å². The third kappa shape index (κ3) is 6.69. The lowest BCUT2D eigenvalue weighted by atomic mass is 9.97. The molecule has 0 aliphatic carbocycles. The topological polar surface area (TPSA) is 276 Å². The molecule has 0 aromatic rings. The smallest absolute Gasteiger partial charge is 0.394 e. The lowest BCUT2D eigenvalue weighted by Gasteiger charge is -2.46. The van der Waals surface area contributed by atoms with Crippen molar-refractivity contribution in [3.63, 3.8) is 0 Å². The minimum absolute atomic E-state index is 0.930. The Morgan fingerprint density at radius 1 is 0.677 bits per heavy atom. The van der Waals surface area contributed by atoms with Crippen molar-refractivity contribution in [2.24, 2.45) is 0 Å². The second-order valence-electron chi connectivity index (χ2n) is 6.52. The molecule has 17 nitrogen and oxygen atoms in total. The van der Waals surface area contributed by atoms with Gasteiger partial charge in [-0.25, -0.2) is 8.37 Å². The van der Waals surface area contributed by atoms with Gasteiger partial charge in [0.1, 0.15) is 42.7 Å². The van der Waals surface area contributed by atoms with Crippen molar-refractivity contribution in [1.29, 1.82) is 0 Å². The molecule has 0 bridgehead atoms. The molecule has 2 heterocycles. The fourth-order valence-electron chi connectivity index (χ4n) is 3.05. The average Bonchev–Trinajstić information content (AvgIpc) is 2.64. The third-order valence-electron chi connectivity index (χ3n) is 4.39. The number of ether oxygens (including phenoxy) is 3. The maximum Gasteiger partial charge on any atom is 0.397 e. The van der Waals surface area contributed by atoms with Gasteiger partial charge in [0.05, 0.1) is 13.2 Å². The monoisotopic (exact) mass is 502 g/mol. The zero-order valence-corrected chi connectivity index (χ0v) is 16.9. The maximum absolute atomic E-state index is 10.9. The molecule has 2 saturated heterocycles. The summed E-state index contributed by atoms with van der Waals surface area (Å²) in [7, 11) is -10.3. The van der Waals surface area contributed by atoms with Gasteiger partial charge in [0.25, 0.3) is 0 Å². The fraction of sp³-hybridized carbons (Fsp3) is 1.00. The summed E-state index contributed by atoms with van der Waals surface area (Å²) >= 11 is 0. The first-order valence-corrected chi connectivity index (χ1v) is 11.1. The summed E-state index contributed by atoms with van der Waals surface area (Å²) in [5.41, 5.74) is 0. The molecule has 0 aromatic heterocycles. The fourth-order valence-corrected chi connectivity index (χ4v) is 4.06. The van der Waals surface area contributed by atoms with Gasteiger partial charge in [-0.15, -0.1) is 0 Å². The highest BCUT2D eigenvalue weighted by molar-refractivity contribution is 7.81. The van der Waals surface area contributed by atoms with Crippen LogP contribution in [0.1, 0.15) is 0 Å². The van der Waals surface area contributed by atoms with Crippen LogP contribution in [0.3, 0.4) is 0 Å². The summed E-state index contributed by atoms with van der Waals surface area (Å²) in [5.74, 6) is 0. The van der Waals surface area contributed by atoms with E-state index in [1.54, 1.807) is 0 Å². The lowest BCUT2D eigenvalue weighted by Crippen LogP contribution is -2.65. The van der Waals surface area contributed by atoms with Crippen molar-refractivity contribution in [2.45, 2.75) is 61.4 Å². The Morgan fingerprint density at radius 2 is 1.16 bits per heavy atom. The number of hydrogen-bond donors (Lipinski definition) is 8. The molecule has 0 radical (unpaired) electrons. The van der Waals surface area contributed by atoms with Crippen molar-refractivity contribution in [1.82, 2.24) is 0 Å². The van der Waals surface area contributed by atoms with Crippen LogP contribution in [0.5, 0.6) is 0 Å². The summed E-state index contributed by atoms with van der Waals surface area (Å²) < 4.78 is 84.6. The number of hydrogen-bond acceptors (Lipinski definition) is 15. The molecule has 8 N–H and O–H groups in total. The SMILES string of the molecule is O=S(=O)(O)O[C@@H]1[C@@H](O)[C@@H](O[C@@H]2O[C@H](CO)[C@H](OS(=O)(=O)O)[C@H](O)[C@H]2O)[C@@H](CO)O[C@@H]1O. The van der Waals surface area contributed by atoms with Gasteiger partial charge >= 0.3 is 20.8 Å². The number of aliphatic hydroxyl groups excluding tert-OH is 6. The predicted molar refractivity (Wildman–Crippen MR) is 89.4 cm³/mol. The van der Waals surface area contributed by atoms with Crippen LogP contribution < -0.4 is 0 Å². The van der Waals surface area contributed by atoms with Gasteiger partial charge in [-0.1, -0.05) is 0 Å². The maximum atomic E-state index is 10.9. The van der Waals surface area contributed by atoms with E-state index in [0.717, 1.165) is 0 Å². The standard InChI is InChI=1S/C12H22O17S2/c13-1-3-8(7(17)10(11(18)25-3)29-31(22,23)24)27-12-6(16)5(15)9(4(2-14)26-12)28-30(19,20)21/h3-18H,1-2H2,(H,19,20,21)(H,22,23,24)/t3-,4-,5-,6-,7+,8+,9+,10-,11+,12+/m1/s1. The minimum atomic E-state index is -5.20. The van der Waals surface area contributed by atoms with Crippen LogP contribution in [-0.2, 0) is 43.4 Å². The summed E-state index contributed by atoms with van der Waals surface area (Å²) in [6, 6.07) is 0. The van der Waals surface area contributed by atoms with Gasteiger partial charge in [-0.3, -0.25) is 9.11 Å². The van der Waals surface area contributed by atoms with E-state index in [1.165, 1.54) is 0 Å². The molecular formula is C12H22O17S2. The first-order chi connectivity index (χ1) is 14.2. The summed E-state index contributed by atoms with van der Waals surface area (Å²) in [4.78, 5) is 0. The second-order valence-corrected chi connectivity index (χ2v) is 8.62. The Bertz CT molecular complexity index is 798. The first-order valence-electron chi connectivity index (χ1n) is 8.40. The summed E-state index contributed by atoms with van der Waals surface area (Å²) in [6.07, 6.45) is -19.7. The van der Waals surface area contributed by atoms with Crippen LogP contribution in [0.25, 0.3) is 0 Å². The Morgan fingerprint density at radius 3 is 1.65 bits per heavy atom. The molecule has 2 rings (SSSR count). The van der Waals surface area contributed by atoms with E-state index in [4.69, 9.17) is 23.3 Å². The summed E-state index contributed by atoms with van der Waals surface area (Å²) in [6.45, 7) is -1.94. The number of rotatable bonds is 8. The van der Waals surface area contributed by atoms with E-state index in [0.29, 0.717) is 0 Å². The van der Waals surface area contributed by atoms with E-state index < -0.39 is 95.4 Å². The van der Waals surface area contributed by atoms with E-state index in [9.17, 15) is 47.5 Å². The van der Waals surface area contributed by atoms with Crippen molar-refractivity contribution in [3.8, 4) is 0 Å². The second kappa shape index (κ2) is 10.1. The third-order valence-corrected chi connectivity index (χ3v) is 5.32. The molecule has 0 unspecified atom stereocenters. The van der Waals surface area contributed by atoms with E-state index in [2.05, 4.69) is 8.37 Å². The molecule has 0 amide bonds. The van der Waals surface area contributed by atoms with Gasteiger partial charge in [0.2, 0.25) is 0 Å². The molecule has 10 atom stereocenters. The Hall–Kier alpha value is -0.620. The van der Waals surface area contributed by atoms with Crippen LogP contribution >= 0.6 is 0 Å². The molecule has 184 valence electrons. The molecular weight excluding hydrogens is 480 g/mol. The lowest BCUT2D eigenvalue weighted by molar-refractivity contribution is -0.351. The van der Waals surface area contributed by atoms with Crippen molar-refractivity contribution in [3.05, 3.63) is 0 Å². The molecule has 0 saturated carbocycles. The van der Waals surface area contributed by atoms with Gasteiger partial charge in [-0.05, 0) is 0 Å². The van der Waals surface area contributed by atoms with Gasteiger partial charge < -0.3 is 44.8 Å². The normalized spacial score (nSPS) is 42.5. The Balaban J connectivity index is 2.23. The molecule has 19 heteroatoms. The van der Waals surface area contributed by atoms with Crippen LogP contribution in [0, 0.1) is 0 Å². The average molecular weight is 502 g/mol. The molecule has 2 aliphatic rings. The first kappa shape index (κ1) is 26.6. The van der Waals surface area contributed by atoms with E-state index in [-0.39, 0.29) is 0 Å². The largest absolute Gasteiger partial charge is 0.397 e. The molecule has 2 fully saturated rings. The van der Waals surface area contributed by atoms with Crippen molar-refractivity contribution >= 4 is 20.8 Å². The van der Waals surface area contributed by atoms with E-state index in [1.807, 2.05) is 0 Å². The van der Waals surface area contributed by atoms with Crippen LogP contribution in [0.2, 0.25) is 0 Å². The van der Waals surface area contributed by atoms with Crippen molar-refractivity contribution in [2.75, 3.05) is 13.2 Å².